The lowest BCUT2D eigenvalue weighted by Crippen LogP contribution is -2.04. The summed E-state index contributed by atoms with van der Waals surface area (Å²) in [7, 11) is 3.50. The zero-order chi connectivity index (χ0) is 15.4. The molecule has 21 heavy (non-hydrogen) atoms. The van der Waals surface area contributed by atoms with Gasteiger partial charge in [0.15, 0.2) is 11.5 Å². The summed E-state index contributed by atoms with van der Waals surface area (Å²) in [5.41, 5.74) is 2.86. The number of hydrogen-bond donors (Lipinski definition) is 1. The predicted octanol–water partition coefficient (Wildman–Crippen LogP) is 2.62. The molecule has 0 saturated carbocycles. The third kappa shape index (κ3) is 3.55. The van der Waals surface area contributed by atoms with Gasteiger partial charge in [0.05, 0.1) is 24.6 Å². The first-order valence-electron chi connectivity index (χ1n) is 7.05. The topological polar surface area (TPSA) is 56.5 Å². The summed E-state index contributed by atoms with van der Waals surface area (Å²) in [6.45, 7) is 4.22. The predicted molar refractivity (Wildman–Crippen MR) is 80.5 cm³/mol. The van der Waals surface area contributed by atoms with Gasteiger partial charge in [-0.05, 0) is 37.1 Å². The highest BCUT2D eigenvalue weighted by molar-refractivity contribution is 5.43. The van der Waals surface area contributed by atoms with Crippen molar-refractivity contribution in [1.82, 2.24) is 9.78 Å². The van der Waals surface area contributed by atoms with E-state index < -0.39 is 6.10 Å². The highest BCUT2D eigenvalue weighted by atomic mass is 16.5. The van der Waals surface area contributed by atoms with Crippen LogP contribution in [0.3, 0.4) is 0 Å². The molecule has 5 heteroatoms. The Labute approximate surface area is 125 Å². The molecule has 1 aromatic heterocycles. The number of hydrogen-bond acceptors (Lipinski definition) is 4. The number of aliphatic hydroxyl groups is 1. The van der Waals surface area contributed by atoms with Crippen LogP contribution < -0.4 is 9.47 Å². The number of aliphatic hydroxyl groups excluding tert-OH is 1. The fourth-order valence-electron chi connectivity index (χ4n) is 2.09. The highest BCUT2D eigenvalue weighted by Gasteiger charge is 2.10. The molecule has 0 spiro atoms. The third-order valence-electron chi connectivity index (χ3n) is 3.44. The second-order valence-electron chi connectivity index (χ2n) is 4.98. The number of rotatable bonds is 6. The molecule has 0 radical (unpaired) electrons. The van der Waals surface area contributed by atoms with E-state index in [0.717, 1.165) is 23.4 Å². The molecule has 0 aliphatic rings. The Bertz CT molecular complexity index is 606. The van der Waals surface area contributed by atoms with Crippen molar-refractivity contribution >= 4 is 0 Å². The Balaban J connectivity index is 2.13. The third-order valence-corrected chi connectivity index (χ3v) is 3.44. The van der Waals surface area contributed by atoms with Gasteiger partial charge in [-0.2, -0.15) is 5.10 Å². The molecule has 0 aliphatic carbocycles. The summed E-state index contributed by atoms with van der Waals surface area (Å²) in [5.74, 6) is 1.27. The van der Waals surface area contributed by atoms with Crippen LogP contribution >= 0.6 is 0 Å². The molecule has 114 valence electrons. The van der Waals surface area contributed by atoms with Crippen molar-refractivity contribution in [2.24, 2.45) is 7.05 Å². The zero-order valence-corrected chi connectivity index (χ0v) is 13.0. The monoisotopic (exact) mass is 290 g/mol. The first-order valence-corrected chi connectivity index (χ1v) is 7.05. The summed E-state index contributed by atoms with van der Waals surface area (Å²) in [4.78, 5) is 0. The molecule has 0 bridgehead atoms. The summed E-state index contributed by atoms with van der Waals surface area (Å²) in [6.07, 6.45) is 0.373. The maximum atomic E-state index is 9.60. The molecular formula is C16H22N2O3. The minimum atomic E-state index is -0.530. The van der Waals surface area contributed by atoms with E-state index in [-0.39, 0.29) is 0 Å². The molecule has 2 rings (SSSR count). The lowest BCUT2D eigenvalue weighted by atomic mass is 10.1. The maximum Gasteiger partial charge on any atom is 0.161 e. The van der Waals surface area contributed by atoms with Gasteiger partial charge >= 0.3 is 0 Å². The Morgan fingerprint density at radius 3 is 2.62 bits per heavy atom. The molecule has 1 N–H and O–H groups in total. The second-order valence-corrected chi connectivity index (χ2v) is 4.98. The van der Waals surface area contributed by atoms with Crippen molar-refractivity contribution < 1.29 is 14.6 Å². The van der Waals surface area contributed by atoms with Crippen molar-refractivity contribution in [2.75, 3.05) is 7.11 Å². The minimum absolute atomic E-state index is 0.424. The first-order chi connectivity index (χ1) is 10.0. The smallest absolute Gasteiger partial charge is 0.161 e. The average Bonchev–Trinajstić information content (AvgIpc) is 2.85. The zero-order valence-electron chi connectivity index (χ0n) is 13.0. The summed E-state index contributed by atoms with van der Waals surface area (Å²) in [5, 5.41) is 14.0. The summed E-state index contributed by atoms with van der Waals surface area (Å²) in [6, 6.07) is 7.48. The molecule has 0 saturated heterocycles. The summed E-state index contributed by atoms with van der Waals surface area (Å²) >= 11 is 0. The largest absolute Gasteiger partial charge is 0.493 e. The van der Waals surface area contributed by atoms with Crippen molar-refractivity contribution in [3.8, 4) is 11.5 Å². The van der Waals surface area contributed by atoms with E-state index in [1.54, 1.807) is 20.1 Å². The molecule has 1 atom stereocenters. The molecule has 1 aromatic carbocycles. The standard InChI is InChI=1S/C16H22N2O3/c1-5-13-9-14(18(3)17-13)10-21-15-7-6-12(11(2)19)8-16(15)20-4/h6-9,11,19H,5,10H2,1-4H3/t11-/m1/s1. The minimum Gasteiger partial charge on any atom is -0.493 e. The number of benzene rings is 1. The van der Waals surface area contributed by atoms with Crippen LogP contribution in [0.25, 0.3) is 0 Å². The van der Waals surface area contributed by atoms with Gasteiger partial charge in [0.25, 0.3) is 0 Å². The van der Waals surface area contributed by atoms with Gasteiger partial charge in [0.1, 0.15) is 6.61 Å². The van der Waals surface area contributed by atoms with Crippen LogP contribution in [0, 0.1) is 0 Å². The Morgan fingerprint density at radius 2 is 2.05 bits per heavy atom. The van der Waals surface area contributed by atoms with Crippen LogP contribution in [0.2, 0.25) is 0 Å². The number of aromatic nitrogens is 2. The van der Waals surface area contributed by atoms with Crippen molar-refractivity contribution in [1.29, 1.82) is 0 Å². The van der Waals surface area contributed by atoms with E-state index >= 15 is 0 Å². The van der Waals surface area contributed by atoms with Crippen molar-refractivity contribution in [3.63, 3.8) is 0 Å². The molecule has 0 fully saturated rings. The normalized spacial score (nSPS) is 12.2. The van der Waals surface area contributed by atoms with Gasteiger partial charge in [0, 0.05) is 7.05 Å². The van der Waals surface area contributed by atoms with Gasteiger partial charge in [0.2, 0.25) is 0 Å². The first kappa shape index (κ1) is 15.4. The van der Waals surface area contributed by atoms with E-state index in [9.17, 15) is 5.11 Å². The Hall–Kier alpha value is -2.01. The SMILES string of the molecule is CCc1cc(COc2ccc([C@@H](C)O)cc2OC)n(C)n1. The fraction of sp³-hybridized carbons (Fsp3) is 0.438. The van der Waals surface area contributed by atoms with Crippen molar-refractivity contribution in [2.45, 2.75) is 33.0 Å². The fourth-order valence-corrected chi connectivity index (χ4v) is 2.09. The number of aryl methyl sites for hydroxylation is 2. The molecule has 5 nitrogen and oxygen atoms in total. The summed E-state index contributed by atoms with van der Waals surface area (Å²) < 4.78 is 13.0. The molecule has 1 heterocycles. The quantitative estimate of drug-likeness (QED) is 0.888. The number of nitrogens with zero attached hydrogens (tertiary/aromatic N) is 2. The molecule has 2 aromatic rings. The van der Waals surface area contributed by atoms with E-state index in [4.69, 9.17) is 9.47 Å². The molecule has 0 amide bonds. The molecular weight excluding hydrogens is 268 g/mol. The van der Waals surface area contributed by atoms with Gasteiger partial charge in [-0.1, -0.05) is 13.0 Å². The van der Waals surface area contributed by atoms with E-state index in [2.05, 4.69) is 12.0 Å². The average molecular weight is 290 g/mol. The van der Waals surface area contributed by atoms with Gasteiger partial charge in [-0.25, -0.2) is 0 Å². The molecule has 0 unspecified atom stereocenters. The van der Waals surface area contributed by atoms with Crippen LogP contribution in [0.1, 0.15) is 36.9 Å². The lowest BCUT2D eigenvalue weighted by molar-refractivity contribution is 0.198. The second kappa shape index (κ2) is 6.63. The van der Waals surface area contributed by atoms with Crippen LogP contribution in [0.5, 0.6) is 11.5 Å². The maximum absolute atomic E-state index is 9.60. The Kier molecular flexibility index (Phi) is 4.85. The van der Waals surface area contributed by atoms with Crippen LogP contribution in [-0.4, -0.2) is 22.0 Å². The van der Waals surface area contributed by atoms with E-state index in [1.807, 2.05) is 29.9 Å². The lowest BCUT2D eigenvalue weighted by Gasteiger charge is -2.13. The molecule has 0 aliphatic heterocycles. The van der Waals surface area contributed by atoms with E-state index in [0.29, 0.717) is 18.1 Å². The number of methoxy groups -OCH3 is 1. The van der Waals surface area contributed by atoms with Crippen LogP contribution in [-0.2, 0) is 20.1 Å². The number of ether oxygens (including phenoxy) is 2. The van der Waals surface area contributed by atoms with Crippen LogP contribution in [0.4, 0.5) is 0 Å². The van der Waals surface area contributed by atoms with Gasteiger partial charge < -0.3 is 14.6 Å². The van der Waals surface area contributed by atoms with Crippen molar-refractivity contribution in [3.05, 3.63) is 41.2 Å². The Morgan fingerprint density at radius 1 is 1.29 bits per heavy atom. The van der Waals surface area contributed by atoms with Crippen LogP contribution in [0.15, 0.2) is 24.3 Å². The van der Waals surface area contributed by atoms with E-state index in [1.165, 1.54) is 0 Å². The highest BCUT2D eigenvalue weighted by Crippen LogP contribution is 2.30. The van der Waals surface area contributed by atoms with Gasteiger partial charge in [-0.15, -0.1) is 0 Å². The van der Waals surface area contributed by atoms with Gasteiger partial charge in [-0.3, -0.25) is 4.68 Å².